The first kappa shape index (κ1) is 31.3. The van der Waals surface area contributed by atoms with Crippen LogP contribution < -0.4 is 19.5 Å². The zero-order valence-electron chi connectivity index (χ0n) is 24.8. The summed E-state index contributed by atoms with van der Waals surface area (Å²) in [5, 5.41) is 3.99. The zero-order valence-corrected chi connectivity index (χ0v) is 25.6. The van der Waals surface area contributed by atoms with Crippen molar-refractivity contribution in [1.82, 2.24) is 4.90 Å². The lowest BCUT2D eigenvalue weighted by Crippen LogP contribution is -2.38. The van der Waals surface area contributed by atoms with Gasteiger partial charge in [-0.2, -0.15) is 0 Å². The van der Waals surface area contributed by atoms with Gasteiger partial charge in [-0.3, -0.25) is 19.2 Å². The third-order valence-electron chi connectivity index (χ3n) is 7.16. The lowest BCUT2D eigenvalue weighted by atomic mass is 9.86. The molecule has 0 bridgehead atoms. The van der Waals surface area contributed by atoms with Gasteiger partial charge in [0.25, 0.3) is 11.7 Å². The standard InChI is InChI=1S/C31H39N3O7S/c1-6-42(37,38)33-26-20-21(31(2,3)4)19-25(29(26)39-5)32-30(36)28(35)24-11-12-27(23-10-8-7-9-22(23)24)41-18-15-34-13-16-40-17-14-34/h7-12,19-20,33H,6,13-18H2,1-5H3,(H,32,36). The predicted octanol–water partition coefficient (Wildman–Crippen LogP) is 4.44. The summed E-state index contributed by atoms with van der Waals surface area (Å²) in [7, 11) is -2.27. The van der Waals surface area contributed by atoms with Gasteiger partial charge >= 0.3 is 0 Å². The second kappa shape index (κ2) is 13.1. The maximum Gasteiger partial charge on any atom is 0.296 e. The molecule has 1 aliphatic heterocycles. The number of sulfonamides is 1. The number of carbonyl (C=O) groups excluding carboxylic acids is 2. The number of ether oxygens (including phenoxy) is 3. The van der Waals surface area contributed by atoms with Crippen LogP contribution >= 0.6 is 0 Å². The Morgan fingerprint density at radius 2 is 1.67 bits per heavy atom. The number of benzene rings is 3. The number of nitrogens with zero attached hydrogens (tertiary/aromatic N) is 1. The number of nitrogens with one attached hydrogen (secondary N) is 2. The molecule has 1 amide bonds. The van der Waals surface area contributed by atoms with Gasteiger partial charge in [0.15, 0.2) is 5.75 Å². The van der Waals surface area contributed by atoms with Gasteiger partial charge in [-0.1, -0.05) is 45.0 Å². The molecule has 1 aliphatic rings. The number of rotatable bonds is 11. The highest BCUT2D eigenvalue weighted by Crippen LogP contribution is 2.39. The fourth-order valence-electron chi connectivity index (χ4n) is 4.70. The minimum Gasteiger partial charge on any atom is -0.492 e. The van der Waals surface area contributed by atoms with E-state index >= 15 is 0 Å². The smallest absolute Gasteiger partial charge is 0.296 e. The molecule has 0 aromatic heterocycles. The van der Waals surface area contributed by atoms with Crippen LogP contribution in [0.2, 0.25) is 0 Å². The topological polar surface area (TPSA) is 123 Å². The first-order valence-corrected chi connectivity index (χ1v) is 15.6. The maximum absolute atomic E-state index is 13.5. The van der Waals surface area contributed by atoms with Crippen molar-refractivity contribution in [3.8, 4) is 11.5 Å². The van der Waals surface area contributed by atoms with Crippen molar-refractivity contribution in [1.29, 1.82) is 0 Å². The minimum absolute atomic E-state index is 0.107. The molecule has 0 spiro atoms. The van der Waals surface area contributed by atoms with Gasteiger partial charge in [0.05, 0.1) is 37.5 Å². The largest absolute Gasteiger partial charge is 0.492 e. The fraction of sp³-hybridized carbons (Fsp3) is 0.419. The van der Waals surface area contributed by atoms with E-state index in [1.54, 1.807) is 36.4 Å². The predicted molar refractivity (Wildman–Crippen MR) is 164 cm³/mol. The van der Waals surface area contributed by atoms with Gasteiger partial charge in [-0.15, -0.1) is 0 Å². The summed E-state index contributed by atoms with van der Waals surface area (Å²) in [5.41, 5.74) is 0.934. The van der Waals surface area contributed by atoms with Gasteiger partial charge < -0.3 is 19.5 Å². The average Bonchev–Trinajstić information content (AvgIpc) is 2.96. The summed E-state index contributed by atoms with van der Waals surface area (Å²) < 4.78 is 44.3. The van der Waals surface area contributed by atoms with Crippen LogP contribution in [0.4, 0.5) is 11.4 Å². The zero-order chi connectivity index (χ0) is 30.5. The Kier molecular flexibility index (Phi) is 9.75. The van der Waals surface area contributed by atoms with E-state index in [0.717, 1.165) is 30.6 Å². The van der Waals surface area contributed by atoms with E-state index in [2.05, 4.69) is 14.9 Å². The third kappa shape index (κ3) is 7.39. The number of morpholine rings is 1. The molecule has 2 N–H and O–H groups in total. The average molecular weight is 598 g/mol. The van der Waals surface area contributed by atoms with Crippen molar-refractivity contribution in [3.05, 3.63) is 59.7 Å². The molecular formula is C31H39N3O7S. The molecule has 3 aromatic rings. The van der Waals surface area contributed by atoms with Crippen LogP contribution in [0, 0.1) is 0 Å². The molecule has 1 saturated heterocycles. The molecular weight excluding hydrogens is 558 g/mol. The second-order valence-electron chi connectivity index (χ2n) is 11.1. The molecule has 226 valence electrons. The monoisotopic (exact) mass is 597 g/mol. The number of hydrogen-bond acceptors (Lipinski definition) is 8. The van der Waals surface area contributed by atoms with Crippen LogP contribution in [-0.2, 0) is 25.0 Å². The first-order valence-electron chi connectivity index (χ1n) is 14.0. The summed E-state index contributed by atoms with van der Waals surface area (Å²) in [5.74, 6) is -1.03. The van der Waals surface area contributed by atoms with E-state index < -0.39 is 27.1 Å². The molecule has 11 heteroatoms. The van der Waals surface area contributed by atoms with Crippen LogP contribution in [0.15, 0.2) is 48.5 Å². The van der Waals surface area contributed by atoms with E-state index in [1.807, 2.05) is 32.9 Å². The Balaban J connectivity index is 1.61. The van der Waals surface area contributed by atoms with Gasteiger partial charge in [0, 0.05) is 30.6 Å². The Bertz CT molecular complexity index is 1560. The van der Waals surface area contributed by atoms with E-state index in [1.165, 1.54) is 14.0 Å². The van der Waals surface area contributed by atoms with Crippen LogP contribution in [0.25, 0.3) is 10.8 Å². The normalized spacial score (nSPS) is 14.4. The lowest BCUT2D eigenvalue weighted by molar-refractivity contribution is -0.112. The maximum atomic E-state index is 13.5. The van der Waals surface area contributed by atoms with Crippen molar-refractivity contribution in [2.45, 2.75) is 33.1 Å². The number of fused-ring (bicyclic) bond motifs is 1. The molecule has 0 radical (unpaired) electrons. The highest BCUT2D eigenvalue weighted by atomic mass is 32.2. The summed E-state index contributed by atoms with van der Waals surface area (Å²) in [6, 6.07) is 14.0. The number of methoxy groups -OCH3 is 1. The van der Waals surface area contributed by atoms with Gasteiger partial charge in [0.1, 0.15) is 12.4 Å². The molecule has 0 atom stereocenters. The van der Waals surface area contributed by atoms with Gasteiger partial charge in [0.2, 0.25) is 10.0 Å². The van der Waals surface area contributed by atoms with Crippen molar-refractivity contribution in [2.75, 3.05) is 62.4 Å². The SMILES string of the molecule is CCS(=O)(=O)Nc1cc(C(C)(C)C)cc(NC(=O)C(=O)c2ccc(OCCN3CCOCC3)c3ccccc23)c1OC. The number of amides is 1. The van der Waals surface area contributed by atoms with Gasteiger partial charge in [-0.05, 0) is 47.6 Å². The Morgan fingerprint density at radius 1 is 1.00 bits per heavy atom. The molecule has 0 saturated carbocycles. The summed E-state index contributed by atoms with van der Waals surface area (Å²) in [6.07, 6.45) is 0. The Hall–Kier alpha value is -3.67. The highest BCUT2D eigenvalue weighted by Gasteiger charge is 2.26. The number of ketones is 1. The van der Waals surface area contributed by atoms with Crippen molar-refractivity contribution >= 4 is 43.9 Å². The van der Waals surface area contributed by atoms with Gasteiger partial charge in [-0.25, -0.2) is 8.42 Å². The fourth-order valence-corrected chi connectivity index (χ4v) is 5.33. The summed E-state index contributed by atoms with van der Waals surface area (Å²) in [4.78, 5) is 29.2. The third-order valence-corrected chi connectivity index (χ3v) is 8.45. The number of anilines is 2. The second-order valence-corrected chi connectivity index (χ2v) is 13.1. The van der Waals surface area contributed by atoms with Crippen molar-refractivity contribution in [3.63, 3.8) is 0 Å². The molecule has 0 unspecified atom stereocenters. The van der Waals surface area contributed by atoms with E-state index in [4.69, 9.17) is 14.2 Å². The summed E-state index contributed by atoms with van der Waals surface area (Å²) in [6.45, 7) is 11.8. The van der Waals surface area contributed by atoms with Crippen molar-refractivity contribution < 1.29 is 32.2 Å². The van der Waals surface area contributed by atoms with E-state index in [-0.39, 0.29) is 28.4 Å². The molecule has 1 fully saturated rings. The molecule has 3 aromatic carbocycles. The highest BCUT2D eigenvalue weighted by molar-refractivity contribution is 7.92. The first-order chi connectivity index (χ1) is 19.9. The van der Waals surface area contributed by atoms with Crippen LogP contribution in [0.5, 0.6) is 11.5 Å². The van der Waals surface area contributed by atoms with Crippen LogP contribution in [-0.4, -0.2) is 77.3 Å². The molecule has 4 rings (SSSR count). The van der Waals surface area contributed by atoms with E-state index in [0.29, 0.717) is 31.0 Å². The number of Topliss-reactive ketones (excluding diaryl/α,β-unsaturated/α-hetero) is 1. The quantitative estimate of drug-likeness (QED) is 0.246. The molecule has 10 nitrogen and oxygen atoms in total. The van der Waals surface area contributed by atoms with Crippen LogP contribution in [0.3, 0.4) is 0 Å². The van der Waals surface area contributed by atoms with Crippen molar-refractivity contribution in [2.24, 2.45) is 0 Å². The lowest BCUT2D eigenvalue weighted by Gasteiger charge is -2.26. The Labute approximate surface area is 247 Å². The summed E-state index contributed by atoms with van der Waals surface area (Å²) >= 11 is 0. The number of carbonyl (C=O) groups is 2. The molecule has 1 heterocycles. The molecule has 42 heavy (non-hydrogen) atoms. The van der Waals surface area contributed by atoms with Crippen LogP contribution in [0.1, 0.15) is 43.6 Å². The number of hydrogen-bond donors (Lipinski definition) is 2. The molecule has 0 aliphatic carbocycles. The Morgan fingerprint density at radius 3 is 2.31 bits per heavy atom. The minimum atomic E-state index is -3.64. The van der Waals surface area contributed by atoms with E-state index in [9.17, 15) is 18.0 Å².